The number of hydrogen-bond acceptors (Lipinski definition) is 6. The number of nitrogens with zero attached hydrogens (tertiary/aromatic N) is 4. The summed E-state index contributed by atoms with van der Waals surface area (Å²) < 4.78 is 1.71. The number of anilines is 1. The van der Waals surface area contributed by atoms with Crippen LogP contribution >= 0.6 is 23.5 Å². The zero-order valence-electron chi connectivity index (χ0n) is 14.8. The molecule has 0 aliphatic heterocycles. The lowest BCUT2D eigenvalue weighted by atomic mass is 10.2. The van der Waals surface area contributed by atoms with Gasteiger partial charge in [-0.3, -0.25) is 4.79 Å². The molecule has 0 spiro atoms. The molecule has 8 heteroatoms. The van der Waals surface area contributed by atoms with Crippen molar-refractivity contribution in [2.75, 3.05) is 17.3 Å². The summed E-state index contributed by atoms with van der Waals surface area (Å²) in [4.78, 5) is 22.7. The summed E-state index contributed by atoms with van der Waals surface area (Å²) in [5, 5.41) is 8.96. The molecule has 0 aliphatic carbocycles. The number of benzene rings is 2. The van der Waals surface area contributed by atoms with Crippen LogP contribution in [-0.4, -0.2) is 37.5 Å². The van der Waals surface area contributed by atoms with Crippen molar-refractivity contribution in [1.82, 2.24) is 19.6 Å². The molecule has 4 rings (SSSR count). The van der Waals surface area contributed by atoms with Gasteiger partial charge < -0.3 is 5.32 Å². The van der Waals surface area contributed by atoms with Crippen molar-refractivity contribution in [2.45, 2.75) is 17.0 Å². The highest BCUT2D eigenvalue weighted by Crippen LogP contribution is 2.24. The van der Waals surface area contributed by atoms with Gasteiger partial charge in [0.15, 0.2) is 10.8 Å². The maximum Gasteiger partial charge on any atom is 0.234 e. The minimum absolute atomic E-state index is 0.0850. The lowest BCUT2D eigenvalue weighted by Crippen LogP contribution is -2.14. The largest absolute Gasteiger partial charge is 0.325 e. The van der Waals surface area contributed by atoms with E-state index in [-0.39, 0.29) is 11.7 Å². The fourth-order valence-corrected chi connectivity index (χ4v) is 3.96. The van der Waals surface area contributed by atoms with Gasteiger partial charge in [-0.2, -0.15) is 4.52 Å². The van der Waals surface area contributed by atoms with E-state index >= 15 is 0 Å². The number of thioether (sulfide) groups is 2. The van der Waals surface area contributed by atoms with Crippen LogP contribution in [0.3, 0.4) is 0 Å². The van der Waals surface area contributed by atoms with E-state index in [9.17, 15) is 4.79 Å². The molecule has 2 aromatic carbocycles. The Bertz CT molecular complexity index is 1140. The van der Waals surface area contributed by atoms with Gasteiger partial charge in [0.25, 0.3) is 0 Å². The van der Waals surface area contributed by atoms with Gasteiger partial charge in [-0.25, -0.2) is 9.97 Å². The average molecular weight is 396 g/mol. The van der Waals surface area contributed by atoms with Crippen molar-refractivity contribution in [1.29, 1.82) is 0 Å². The maximum atomic E-state index is 12.4. The lowest BCUT2D eigenvalue weighted by Gasteiger charge is -2.08. The second-order valence-corrected chi connectivity index (χ2v) is 7.70. The molecule has 2 aromatic heterocycles. The van der Waals surface area contributed by atoms with Gasteiger partial charge in [0.05, 0.1) is 11.3 Å². The molecule has 4 aromatic rings. The second-order valence-electron chi connectivity index (χ2n) is 5.87. The Morgan fingerprint density at radius 1 is 1.15 bits per heavy atom. The number of aromatic nitrogens is 4. The van der Waals surface area contributed by atoms with Gasteiger partial charge >= 0.3 is 0 Å². The topological polar surface area (TPSA) is 72.2 Å². The molecule has 1 amide bonds. The van der Waals surface area contributed by atoms with Crippen LogP contribution in [0.5, 0.6) is 0 Å². The summed E-state index contributed by atoms with van der Waals surface area (Å²) in [5.74, 6) is 0.828. The molecule has 0 saturated carbocycles. The number of aryl methyl sites for hydroxylation is 1. The molecular formula is C19H17N5OS2. The molecule has 0 unspecified atom stereocenters. The third kappa shape index (κ3) is 3.77. The number of hydrogen-bond donors (Lipinski definition) is 1. The Hall–Kier alpha value is -2.58. The number of para-hydroxylation sites is 1. The molecule has 0 fully saturated rings. The molecule has 136 valence electrons. The molecule has 0 aliphatic rings. The third-order valence-corrected chi connectivity index (χ3v) is 5.60. The van der Waals surface area contributed by atoms with E-state index in [0.717, 1.165) is 27.1 Å². The summed E-state index contributed by atoms with van der Waals surface area (Å²) in [6.07, 6.45) is 2.01. The van der Waals surface area contributed by atoms with Crippen LogP contribution in [-0.2, 0) is 4.79 Å². The van der Waals surface area contributed by atoms with E-state index in [1.807, 2.05) is 61.7 Å². The normalized spacial score (nSPS) is 11.2. The number of rotatable bonds is 5. The number of carbonyl (C=O) groups is 1. The van der Waals surface area contributed by atoms with Crippen LogP contribution in [0.2, 0.25) is 0 Å². The Balaban J connectivity index is 1.56. The van der Waals surface area contributed by atoms with Crippen molar-refractivity contribution in [2.24, 2.45) is 0 Å². The highest BCUT2D eigenvalue weighted by molar-refractivity contribution is 7.99. The van der Waals surface area contributed by atoms with E-state index in [2.05, 4.69) is 20.4 Å². The Morgan fingerprint density at radius 3 is 2.85 bits per heavy atom. The number of amides is 1. The molecule has 0 radical (unpaired) electrons. The quantitative estimate of drug-likeness (QED) is 0.406. The standard InChI is InChI=1S/C19H17N5OS2/c1-12-20-18-15-8-3-4-9-16(15)22-19(24(18)23-12)27-11-17(25)21-13-6-5-7-14(10-13)26-2/h3-10H,11H2,1-2H3,(H,21,25). The number of carbonyl (C=O) groups excluding carboxylic acids is 1. The van der Waals surface area contributed by atoms with Crippen LogP contribution in [0.1, 0.15) is 5.82 Å². The SMILES string of the molecule is CSc1cccc(NC(=O)CSc2nc3ccccc3c3nc(C)nn23)c1. The van der Waals surface area contributed by atoms with Crippen LogP contribution in [0.4, 0.5) is 5.69 Å². The average Bonchev–Trinajstić information content (AvgIpc) is 3.08. The molecular weight excluding hydrogens is 378 g/mol. The van der Waals surface area contributed by atoms with Crippen molar-refractivity contribution >= 4 is 51.7 Å². The van der Waals surface area contributed by atoms with E-state index in [0.29, 0.717) is 11.0 Å². The first kappa shape index (κ1) is 17.8. The van der Waals surface area contributed by atoms with Crippen molar-refractivity contribution in [3.05, 3.63) is 54.4 Å². The predicted molar refractivity (Wildman–Crippen MR) is 111 cm³/mol. The first-order valence-electron chi connectivity index (χ1n) is 8.33. The van der Waals surface area contributed by atoms with Crippen LogP contribution in [0, 0.1) is 6.92 Å². The smallest absolute Gasteiger partial charge is 0.234 e. The first-order chi connectivity index (χ1) is 13.1. The number of nitrogens with one attached hydrogen (secondary N) is 1. The van der Waals surface area contributed by atoms with Gasteiger partial charge in [0.2, 0.25) is 5.91 Å². The summed E-state index contributed by atoms with van der Waals surface area (Å²) in [6, 6.07) is 15.6. The summed E-state index contributed by atoms with van der Waals surface area (Å²) in [6.45, 7) is 1.85. The molecule has 6 nitrogen and oxygen atoms in total. The minimum atomic E-state index is -0.0850. The second kappa shape index (κ2) is 7.58. The summed E-state index contributed by atoms with van der Waals surface area (Å²) >= 11 is 2.99. The van der Waals surface area contributed by atoms with Crippen LogP contribution in [0.25, 0.3) is 16.6 Å². The molecule has 0 saturated heterocycles. The first-order valence-corrected chi connectivity index (χ1v) is 10.5. The number of fused-ring (bicyclic) bond motifs is 3. The maximum absolute atomic E-state index is 12.4. The van der Waals surface area contributed by atoms with E-state index in [4.69, 9.17) is 0 Å². The van der Waals surface area contributed by atoms with Crippen molar-refractivity contribution in [3.8, 4) is 0 Å². The van der Waals surface area contributed by atoms with Gasteiger partial charge in [0, 0.05) is 16.0 Å². The predicted octanol–water partition coefficient (Wildman–Crippen LogP) is 4.04. The highest BCUT2D eigenvalue weighted by Gasteiger charge is 2.14. The lowest BCUT2D eigenvalue weighted by molar-refractivity contribution is -0.113. The van der Waals surface area contributed by atoms with E-state index < -0.39 is 0 Å². The fourth-order valence-electron chi connectivity index (χ4n) is 2.75. The molecule has 2 heterocycles. The third-order valence-electron chi connectivity index (χ3n) is 3.94. The van der Waals surface area contributed by atoms with Gasteiger partial charge in [-0.1, -0.05) is 30.0 Å². The van der Waals surface area contributed by atoms with Crippen LogP contribution in [0.15, 0.2) is 58.6 Å². The molecule has 0 bridgehead atoms. The van der Waals surface area contributed by atoms with Gasteiger partial charge in [0.1, 0.15) is 5.82 Å². The zero-order chi connectivity index (χ0) is 18.8. The molecule has 0 atom stereocenters. The summed E-state index contributed by atoms with van der Waals surface area (Å²) in [5.41, 5.74) is 2.39. The zero-order valence-corrected chi connectivity index (χ0v) is 16.5. The van der Waals surface area contributed by atoms with Crippen molar-refractivity contribution in [3.63, 3.8) is 0 Å². The monoisotopic (exact) mass is 395 g/mol. The van der Waals surface area contributed by atoms with Crippen molar-refractivity contribution < 1.29 is 4.79 Å². The van der Waals surface area contributed by atoms with E-state index in [1.165, 1.54) is 11.8 Å². The van der Waals surface area contributed by atoms with Crippen LogP contribution < -0.4 is 5.32 Å². The van der Waals surface area contributed by atoms with Gasteiger partial charge in [-0.05, 0) is 43.5 Å². The van der Waals surface area contributed by atoms with E-state index in [1.54, 1.807) is 16.3 Å². The Kier molecular flexibility index (Phi) is 5.00. The summed E-state index contributed by atoms with van der Waals surface area (Å²) in [7, 11) is 0. The molecule has 27 heavy (non-hydrogen) atoms. The highest BCUT2D eigenvalue weighted by atomic mass is 32.2. The van der Waals surface area contributed by atoms with Gasteiger partial charge in [-0.15, -0.1) is 16.9 Å². The Morgan fingerprint density at radius 2 is 2.00 bits per heavy atom. The fraction of sp³-hybridized carbons (Fsp3) is 0.158. The molecule has 1 N–H and O–H groups in total. The Labute approximate surface area is 164 Å². The minimum Gasteiger partial charge on any atom is -0.325 e.